The SMILES string of the molecule is CNc1ncc(Br)c(NC(C2CC2)C2CC2)n1. The van der Waals surface area contributed by atoms with Crippen molar-refractivity contribution in [2.45, 2.75) is 31.7 Å². The zero-order valence-electron chi connectivity index (χ0n) is 9.91. The van der Waals surface area contributed by atoms with Crippen molar-refractivity contribution in [1.29, 1.82) is 0 Å². The minimum atomic E-state index is 0.617. The van der Waals surface area contributed by atoms with Crippen LogP contribution in [0.2, 0.25) is 0 Å². The van der Waals surface area contributed by atoms with Crippen LogP contribution < -0.4 is 10.6 Å². The minimum absolute atomic E-state index is 0.617. The van der Waals surface area contributed by atoms with Gasteiger partial charge in [-0.15, -0.1) is 0 Å². The average Bonchev–Trinajstić information content (AvgIpc) is 3.19. The Bertz CT molecular complexity index is 403. The Morgan fingerprint density at radius 2 is 1.94 bits per heavy atom. The largest absolute Gasteiger partial charge is 0.366 e. The molecule has 2 N–H and O–H groups in total. The van der Waals surface area contributed by atoms with Crippen molar-refractivity contribution >= 4 is 27.7 Å². The van der Waals surface area contributed by atoms with Crippen LogP contribution in [0.25, 0.3) is 0 Å². The predicted molar refractivity (Wildman–Crippen MR) is 72.1 cm³/mol. The molecule has 4 nitrogen and oxygen atoms in total. The first-order valence-electron chi connectivity index (χ1n) is 6.25. The zero-order valence-corrected chi connectivity index (χ0v) is 11.5. The number of aromatic nitrogens is 2. The van der Waals surface area contributed by atoms with E-state index in [9.17, 15) is 0 Å². The van der Waals surface area contributed by atoms with Crippen molar-refractivity contribution in [3.63, 3.8) is 0 Å². The van der Waals surface area contributed by atoms with E-state index in [1.807, 2.05) is 7.05 Å². The van der Waals surface area contributed by atoms with Crippen molar-refractivity contribution in [3.8, 4) is 0 Å². The summed E-state index contributed by atoms with van der Waals surface area (Å²) in [5.74, 6) is 3.32. The minimum Gasteiger partial charge on any atom is -0.366 e. The molecule has 0 aliphatic heterocycles. The second-order valence-corrected chi connectivity index (χ2v) is 5.84. The molecule has 0 aromatic carbocycles. The van der Waals surface area contributed by atoms with Gasteiger partial charge >= 0.3 is 0 Å². The predicted octanol–water partition coefficient (Wildman–Crippen LogP) is 2.88. The van der Waals surface area contributed by atoms with E-state index in [0.717, 1.165) is 22.1 Å². The third-order valence-electron chi connectivity index (χ3n) is 3.53. The van der Waals surface area contributed by atoms with E-state index >= 15 is 0 Å². The van der Waals surface area contributed by atoms with Crippen LogP contribution in [0.15, 0.2) is 10.7 Å². The van der Waals surface area contributed by atoms with E-state index < -0.39 is 0 Å². The van der Waals surface area contributed by atoms with Crippen molar-refractivity contribution in [2.75, 3.05) is 17.7 Å². The smallest absolute Gasteiger partial charge is 0.224 e. The number of rotatable bonds is 5. The van der Waals surface area contributed by atoms with Crippen molar-refractivity contribution in [1.82, 2.24) is 9.97 Å². The summed E-state index contributed by atoms with van der Waals surface area (Å²) in [6.07, 6.45) is 7.29. The van der Waals surface area contributed by atoms with Gasteiger partial charge < -0.3 is 10.6 Å². The lowest BCUT2D eigenvalue weighted by Gasteiger charge is -2.19. The maximum atomic E-state index is 4.47. The Hall–Kier alpha value is -0.840. The summed E-state index contributed by atoms with van der Waals surface area (Å²) in [5, 5.41) is 6.58. The summed E-state index contributed by atoms with van der Waals surface area (Å²) in [4.78, 5) is 8.65. The molecule has 0 unspecified atom stereocenters. The van der Waals surface area contributed by atoms with Gasteiger partial charge in [-0.1, -0.05) is 0 Å². The first-order chi connectivity index (χ1) is 8.28. The highest BCUT2D eigenvalue weighted by Crippen LogP contribution is 2.46. The quantitative estimate of drug-likeness (QED) is 0.877. The van der Waals surface area contributed by atoms with Crippen molar-refractivity contribution in [3.05, 3.63) is 10.7 Å². The fraction of sp³-hybridized carbons (Fsp3) is 0.667. The second kappa shape index (κ2) is 4.44. The lowest BCUT2D eigenvalue weighted by molar-refractivity contribution is 0.565. The maximum absolute atomic E-state index is 4.47. The van der Waals surface area contributed by atoms with Gasteiger partial charge in [-0.2, -0.15) is 4.98 Å². The molecular formula is C12H17BrN4. The molecule has 0 amide bonds. The van der Waals surface area contributed by atoms with Crippen LogP contribution in [-0.4, -0.2) is 23.1 Å². The van der Waals surface area contributed by atoms with Crippen LogP contribution >= 0.6 is 15.9 Å². The maximum Gasteiger partial charge on any atom is 0.224 e. The van der Waals surface area contributed by atoms with Gasteiger partial charge in [-0.25, -0.2) is 4.98 Å². The van der Waals surface area contributed by atoms with E-state index in [2.05, 4.69) is 36.5 Å². The number of hydrogen-bond donors (Lipinski definition) is 2. The Morgan fingerprint density at radius 3 is 2.47 bits per heavy atom. The van der Waals surface area contributed by atoms with E-state index in [1.165, 1.54) is 25.7 Å². The zero-order chi connectivity index (χ0) is 11.8. The molecule has 17 heavy (non-hydrogen) atoms. The van der Waals surface area contributed by atoms with Crippen LogP contribution in [0.4, 0.5) is 11.8 Å². The molecule has 2 fully saturated rings. The van der Waals surface area contributed by atoms with E-state index in [1.54, 1.807) is 6.20 Å². The van der Waals surface area contributed by atoms with Crippen LogP contribution in [-0.2, 0) is 0 Å². The molecule has 0 bridgehead atoms. The number of anilines is 2. The normalized spacial score (nSPS) is 19.5. The molecule has 1 aromatic heterocycles. The third kappa shape index (κ3) is 2.54. The van der Waals surface area contributed by atoms with Gasteiger partial charge in [0.25, 0.3) is 0 Å². The molecule has 0 radical (unpaired) electrons. The highest BCUT2D eigenvalue weighted by molar-refractivity contribution is 9.10. The third-order valence-corrected chi connectivity index (χ3v) is 4.11. The molecule has 2 saturated carbocycles. The van der Waals surface area contributed by atoms with E-state index in [-0.39, 0.29) is 0 Å². The first-order valence-corrected chi connectivity index (χ1v) is 7.04. The second-order valence-electron chi connectivity index (χ2n) is 4.99. The Labute approximate surface area is 110 Å². The fourth-order valence-corrected chi connectivity index (χ4v) is 2.58. The van der Waals surface area contributed by atoms with Gasteiger partial charge in [0.05, 0.1) is 4.47 Å². The fourth-order valence-electron chi connectivity index (χ4n) is 2.28. The van der Waals surface area contributed by atoms with Crippen LogP contribution in [0.5, 0.6) is 0 Å². The number of nitrogens with one attached hydrogen (secondary N) is 2. The van der Waals surface area contributed by atoms with Crippen molar-refractivity contribution in [2.24, 2.45) is 11.8 Å². The topological polar surface area (TPSA) is 49.8 Å². The molecule has 5 heteroatoms. The summed E-state index contributed by atoms with van der Waals surface area (Å²) >= 11 is 3.51. The number of nitrogens with zero attached hydrogens (tertiary/aromatic N) is 2. The molecule has 2 aliphatic carbocycles. The Kier molecular flexibility index (Phi) is 2.94. The molecule has 92 valence electrons. The molecule has 0 saturated heterocycles. The molecule has 1 heterocycles. The molecule has 3 rings (SSSR count). The van der Waals surface area contributed by atoms with Gasteiger partial charge in [0.15, 0.2) is 0 Å². The van der Waals surface area contributed by atoms with Crippen LogP contribution in [0.3, 0.4) is 0 Å². The average molecular weight is 297 g/mol. The Balaban J connectivity index is 1.77. The lowest BCUT2D eigenvalue weighted by Crippen LogP contribution is -2.25. The van der Waals surface area contributed by atoms with E-state index in [4.69, 9.17) is 0 Å². The van der Waals surface area contributed by atoms with Gasteiger partial charge in [-0.3, -0.25) is 0 Å². The van der Waals surface area contributed by atoms with Gasteiger partial charge in [0.2, 0.25) is 5.95 Å². The van der Waals surface area contributed by atoms with E-state index in [0.29, 0.717) is 12.0 Å². The van der Waals surface area contributed by atoms with Crippen LogP contribution in [0.1, 0.15) is 25.7 Å². The monoisotopic (exact) mass is 296 g/mol. The highest BCUT2D eigenvalue weighted by atomic mass is 79.9. The summed E-state index contributed by atoms with van der Waals surface area (Å²) in [7, 11) is 1.84. The summed E-state index contributed by atoms with van der Waals surface area (Å²) in [6.45, 7) is 0. The molecule has 2 aliphatic rings. The molecule has 1 aromatic rings. The Morgan fingerprint density at radius 1 is 1.29 bits per heavy atom. The molecule has 0 atom stereocenters. The van der Waals surface area contributed by atoms with Gasteiger partial charge in [0, 0.05) is 19.3 Å². The number of hydrogen-bond acceptors (Lipinski definition) is 4. The standard InChI is InChI=1S/C12H17BrN4/c1-14-12-15-6-9(13)11(17-12)16-10(7-2-3-7)8-4-5-8/h6-8,10H,2-5H2,1H3,(H2,14,15,16,17). The summed E-state index contributed by atoms with van der Waals surface area (Å²) < 4.78 is 0.947. The first kappa shape index (κ1) is 11.3. The highest BCUT2D eigenvalue weighted by Gasteiger charge is 2.41. The summed E-state index contributed by atoms with van der Waals surface area (Å²) in [5.41, 5.74) is 0. The van der Waals surface area contributed by atoms with Crippen LogP contribution in [0, 0.1) is 11.8 Å². The molecule has 0 spiro atoms. The summed E-state index contributed by atoms with van der Waals surface area (Å²) in [6, 6.07) is 0.617. The van der Waals surface area contributed by atoms with Gasteiger partial charge in [-0.05, 0) is 53.4 Å². The number of halogens is 1. The van der Waals surface area contributed by atoms with Gasteiger partial charge in [0.1, 0.15) is 5.82 Å². The lowest BCUT2D eigenvalue weighted by atomic mass is 10.1. The molecular weight excluding hydrogens is 280 g/mol. The van der Waals surface area contributed by atoms with Crippen molar-refractivity contribution < 1.29 is 0 Å².